The molecule has 0 atom stereocenters. The highest BCUT2D eigenvalue weighted by Crippen LogP contribution is 2.28. The topological polar surface area (TPSA) is 84.9 Å². The predicted octanol–water partition coefficient (Wildman–Crippen LogP) is 4.85. The summed E-state index contributed by atoms with van der Waals surface area (Å²) in [6.45, 7) is -0.398. The SMILES string of the molecule is COc1cccc(N(CC(=O)Nc2ccc(OC3CCCC3)cc2)S(=O)(=O)c2ccccc2)c1. The number of amides is 1. The fourth-order valence-corrected chi connectivity index (χ4v) is 5.38. The molecule has 1 fully saturated rings. The summed E-state index contributed by atoms with van der Waals surface area (Å²) in [6.07, 6.45) is 4.76. The Morgan fingerprint density at radius 3 is 2.32 bits per heavy atom. The highest BCUT2D eigenvalue weighted by molar-refractivity contribution is 7.92. The maximum Gasteiger partial charge on any atom is 0.264 e. The maximum atomic E-state index is 13.4. The first-order valence-corrected chi connectivity index (χ1v) is 12.7. The van der Waals surface area contributed by atoms with Crippen LogP contribution in [0, 0.1) is 0 Å². The zero-order valence-electron chi connectivity index (χ0n) is 19.0. The second-order valence-corrected chi connectivity index (χ2v) is 9.99. The van der Waals surface area contributed by atoms with E-state index in [9.17, 15) is 13.2 Å². The number of nitrogens with one attached hydrogen (secondary N) is 1. The standard InChI is InChI=1S/C26H28N2O5S/c1-32-24-11-7-8-21(18-24)28(34(30,31)25-12-3-2-4-13-25)19-26(29)27-20-14-16-23(17-15-20)33-22-9-5-6-10-22/h2-4,7-8,11-18,22H,5-6,9-10,19H2,1H3,(H,27,29). The summed E-state index contributed by atoms with van der Waals surface area (Å²) < 4.78 is 39.1. The summed E-state index contributed by atoms with van der Waals surface area (Å²) >= 11 is 0. The fraction of sp³-hybridized carbons (Fsp3) is 0.269. The quantitative estimate of drug-likeness (QED) is 0.473. The molecule has 0 heterocycles. The van der Waals surface area contributed by atoms with Gasteiger partial charge in [0.15, 0.2) is 0 Å². The Morgan fingerprint density at radius 2 is 1.65 bits per heavy atom. The highest BCUT2D eigenvalue weighted by atomic mass is 32.2. The average molecular weight is 481 g/mol. The number of sulfonamides is 1. The van der Waals surface area contributed by atoms with Gasteiger partial charge >= 0.3 is 0 Å². The van der Waals surface area contributed by atoms with Crippen LogP contribution in [0.15, 0.2) is 83.8 Å². The number of carbonyl (C=O) groups excluding carboxylic acids is 1. The van der Waals surface area contributed by atoms with Crippen LogP contribution in [0.2, 0.25) is 0 Å². The Bertz CT molecular complexity index is 1210. The largest absolute Gasteiger partial charge is 0.497 e. The first kappa shape index (κ1) is 23.6. The minimum Gasteiger partial charge on any atom is -0.497 e. The van der Waals surface area contributed by atoms with Gasteiger partial charge in [-0.3, -0.25) is 9.10 Å². The molecule has 0 bridgehead atoms. The van der Waals surface area contributed by atoms with E-state index >= 15 is 0 Å². The van der Waals surface area contributed by atoms with Gasteiger partial charge in [0.25, 0.3) is 10.0 Å². The summed E-state index contributed by atoms with van der Waals surface area (Å²) in [6, 6.07) is 21.8. The monoisotopic (exact) mass is 480 g/mol. The van der Waals surface area contributed by atoms with E-state index in [0.29, 0.717) is 17.1 Å². The number of ether oxygens (including phenoxy) is 2. The van der Waals surface area contributed by atoms with E-state index in [1.165, 1.54) is 32.1 Å². The van der Waals surface area contributed by atoms with Crippen LogP contribution in [0.4, 0.5) is 11.4 Å². The Labute approximate surface area is 200 Å². The molecule has 3 aromatic rings. The molecular weight excluding hydrogens is 452 g/mol. The zero-order chi connectivity index (χ0) is 24.0. The van der Waals surface area contributed by atoms with Crippen molar-refractivity contribution in [2.75, 3.05) is 23.3 Å². The molecule has 0 spiro atoms. The van der Waals surface area contributed by atoms with E-state index in [0.717, 1.165) is 22.9 Å². The lowest BCUT2D eigenvalue weighted by molar-refractivity contribution is -0.114. The highest BCUT2D eigenvalue weighted by Gasteiger charge is 2.27. The Morgan fingerprint density at radius 1 is 0.941 bits per heavy atom. The molecular formula is C26H28N2O5S. The third-order valence-corrected chi connectivity index (χ3v) is 7.49. The van der Waals surface area contributed by atoms with Gasteiger partial charge in [0.2, 0.25) is 5.91 Å². The van der Waals surface area contributed by atoms with Crippen molar-refractivity contribution in [2.24, 2.45) is 0 Å². The summed E-state index contributed by atoms with van der Waals surface area (Å²) in [5.74, 6) is 0.783. The lowest BCUT2D eigenvalue weighted by Gasteiger charge is -2.24. The second-order valence-electron chi connectivity index (χ2n) is 8.12. The number of rotatable bonds is 9. The van der Waals surface area contributed by atoms with E-state index in [4.69, 9.17) is 9.47 Å². The van der Waals surface area contributed by atoms with Crippen LogP contribution in [-0.2, 0) is 14.8 Å². The van der Waals surface area contributed by atoms with Gasteiger partial charge in [0, 0.05) is 11.8 Å². The van der Waals surface area contributed by atoms with Gasteiger partial charge in [0.05, 0.1) is 23.8 Å². The zero-order valence-corrected chi connectivity index (χ0v) is 19.8. The van der Waals surface area contributed by atoms with Crippen LogP contribution >= 0.6 is 0 Å². The molecule has 1 aliphatic rings. The van der Waals surface area contributed by atoms with Gasteiger partial charge in [-0.05, 0) is 74.2 Å². The molecule has 1 amide bonds. The van der Waals surface area contributed by atoms with E-state index in [1.54, 1.807) is 54.6 Å². The average Bonchev–Trinajstić information content (AvgIpc) is 3.37. The predicted molar refractivity (Wildman–Crippen MR) is 132 cm³/mol. The van der Waals surface area contributed by atoms with Gasteiger partial charge in [-0.2, -0.15) is 0 Å². The van der Waals surface area contributed by atoms with Gasteiger partial charge < -0.3 is 14.8 Å². The van der Waals surface area contributed by atoms with Crippen molar-refractivity contribution in [1.82, 2.24) is 0 Å². The van der Waals surface area contributed by atoms with Crippen molar-refractivity contribution < 1.29 is 22.7 Å². The van der Waals surface area contributed by atoms with Crippen molar-refractivity contribution >= 4 is 27.3 Å². The minimum absolute atomic E-state index is 0.0963. The molecule has 0 radical (unpaired) electrons. The first-order chi connectivity index (χ1) is 16.5. The Hall–Kier alpha value is -3.52. The summed E-state index contributed by atoms with van der Waals surface area (Å²) in [5, 5.41) is 2.78. The molecule has 8 heteroatoms. The maximum absolute atomic E-state index is 13.4. The molecule has 0 aliphatic heterocycles. The second kappa shape index (κ2) is 10.6. The number of hydrogen-bond acceptors (Lipinski definition) is 5. The lowest BCUT2D eigenvalue weighted by atomic mass is 10.2. The molecule has 0 unspecified atom stereocenters. The molecule has 178 valence electrons. The molecule has 1 N–H and O–H groups in total. The molecule has 34 heavy (non-hydrogen) atoms. The van der Waals surface area contributed by atoms with Crippen molar-refractivity contribution in [3.8, 4) is 11.5 Å². The van der Waals surface area contributed by atoms with E-state index in [2.05, 4.69) is 5.32 Å². The van der Waals surface area contributed by atoms with Crippen LogP contribution < -0.4 is 19.1 Å². The number of methoxy groups -OCH3 is 1. The summed E-state index contributed by atoms with van der Waals surface area (Å²) in [4.78, 5) is 13.0. The normalized spacial score (nSPS) is 13.9. The van der Waals surface area contributed by atoms with Crippen molar-refractivity contribution in [3.05, 3.63) is 78.9 Å². The van der Waals surface area contributed by atoms with Gasteiger partial charge in [0.1, 0.15) is 18.0 Å². The minimum atomic E-state index is -3.99. The van der Waals surface area contributed by atoms with Gasteiger partial charge in [-0.15, -0.1) is 0 Å². The smallest absolute Gasteiger partial charge is 0.264 e. The van der Waals surface area contributed by atoms with Gasteiger partial charge in [-0.25, -0.2) is 8.42 Å². The number of nitrogens with zero attached hydrogens (tertiary/aromatic N) is 1. The van der Waals surface area contributed by atoms with E-state index in [1.807, 2.05) is 12.1 Å². The van der Waals surface area contributed by atoms with Crippen LogP contribution in [0.3, 0.4) is 0 Å². The third-order valence-electron chi connectivity index (χ3n) is 5.70. The van der Waals surface area contributed by atoms with Crippen molar-refractivity contribution in [2.45, 2.75) is 36.7 Å². The molecule has 0 saturated heterocycles. The first-order valence-electron chi connectivity index (χ1n) is 11.2. The molecule has 7 nitrogen and oxygen atoms in total. The molecule has 0 aromatic heterocycles. The summed E-state index contributed by atoms with van der Waals surface area (Å²) in [5.41, 5.74) is 0.894. The lowest BCUT2D eigenvalue weighted by Crippen LogP contribution is -2.38. The number of hydrogen-bond donors (Lipinski definition) is 1. The molecule has 1 saturated carbocycles. The summed E-state index contributed by atoms with van der Waals surface area (Å²) in [7, 11) is -2.49. The molecule has 4 rings (SSSR count). The Kier molecular flexibility index (Phi) is 7.37. The van der Waals surface area contributed by atoms with Gasteiger partial charge in [-0.1, -0.05) is 24.3 Å². The van der Waals surface area contributed by atoms with Crippen LogP contribution in [0.5, 0.6) is 11.5 Å². The third kappa shape index (κ3) is 5.69. The number of carbonyl (C=O) groups is 1. The molecule has 1 aliphatic carbocycles. The van der Waals surface area contributed by atoms with Crippen LogP contribution in [-0.4, -0.2) is 34.1 Å². The fourth-order valence-electron chi connectivity index (χ4n) is 3.95. The van der Waals surface area contributed by atoms with Crippen molar-refractivity contribution in [3.63, 3.8) is 0 Å². The number of anilines is 2. The van der Waals surface area contributed by atoms with Crippen LogP contribution in [0.1, 0.15) is 25.7 Å². The van der Waals surface area contributed by atoms with E-state index in [-0.39, 0.29) is 11.0 Å². The van der Waals surface area contributed by atoms with E-state index < -0.39 is 22.5 Å². The van der Waals surface area contributed by atoms with Crippen molar-refractivity contribution in [1.29, 1.82) is 0 Å². The number of benzene rings is 3. The Balaban J connectivity index is 1.52. The molecule has 3 aromatic carbocycles. The van der Waals surface area contributed by atoms with Crippen LogP contribution in [0.25, 0.3) is 0 Å².